The van der Waals surface area contributed by atoms with Gasteiger partial charge in [-0.2, -0.15) is 0 Å². The lowest BCUT2D eigenvalue weighted by Gasteiger charge is -2.21. The third-order valence-electron chi connectivity index (χ3n) is 5.54. The molecule has 4 nitrogen and oxygen atoms in total. The summed E-state index contributed by atoms with van der Waals surface area (Å²) in [7, 11) is 3.83. The highest BCUT2D eigenvalue weighted by atomic mass is 16.5. The molecule has 0 bridgehead atoms. The van der Waals surface area contributed by atoms with Gasteiger partial charge >= 0.3 is 0 Å². The van der Waals surface area contributed by atoms with Gasteiger partial charge in [0.25, 0.3) is 5.91 Å². The van der Waals surface area contributed by atoms with Gasteiger partial charge in [-0.3, -0.25) is 4.79 Å². The number of hydrogen-bond donors (Lipinski definition) is 0. The zero-order chi connectivity index (χ0) is 21.4. The minimum Gasteiger partial charge on any atom is -0.370 e. The number of amides is 1. The molecule has 2 aliphatic rings. The SMILES string of the molecule is CC.COC1(C)C=CC=C(c2cc(C(=O)N3CCCN(C)CC3)ccc2C)C=C1. The van der Waals surface area contributed by atoms with Crippen molar-refractivity contribution in [1.29, 1.82) is 0 Å². The number of ether oxygens (including phenoxy) is 1. The molecular formula is C25H36N2O2. The molecule has 3 rings (SSSR count). The van der Waals surface area contributed by atoms with Gasteiger partial charge in [-0.25, -0.2) is 0 Å². The van der Waals surface area contributed by atoms with Crippen LogP contribution in [0.5, 0.6) is 0 Å². The van der Waals surface area contributed by atoms with Crippen LogP contribution in [0.1, 0.15) is 48.7 Å². The van der Waals surface area contributed by atoms with Gasteiger partial charge in [0.1, 0.15) is 5.60 Å². The standard InChI is InChI=1S/C23H30N2O2.C2H6/c1-18-8-9-20(22(26)25-14-6-13-24(3)15-16-25)17-21(18)19-7-5-11-23(2,27-4)12-10-19;1-2/h5,7-12,17H,6,13-16H2,1-4H3;1-2H3. The summed E-state index contributed by atoms with van der Waals surface area (Å²) in [4.78, 5) is 17.3. The van der Waals surface area contributed by atoms with Crippen molar-refractivity contribution in [3.05, 3.63) is 65.3 Å². The van der Waals surface area contributed by atoms with E-state index < -0.39 is 5.60 Å². The third-order valence-corrected chi connectivity index (χ3v) is 5.54. The molecule has 1 aromatic rings. The summed E-state index contributed by atoms with van der Waals surface area (Å²) in [6, 6.07) is 6.03. The Bertz CT molecular complexity index is 794. The van der Waals surface area contributed by atoms with E-state index in [2.05, 4.69) is 37.1 Å². The van der Waals surface area contributed by atoms with E-state index in [1.165, 1.54) is 0 Å². The minimum atomic E-state index is -0.405. The van der Waals surface area contributed by atoms with Crippen LogP contribution in [0.4, 0.5) is 0 Å². The first kappa shape index (κ1) is 23.1. The predicted octanol–water partition coefficient (Wildman–Crippen LogP) is 4.71. The van der Waals surface area contributed by atoms with E-state index in [1.807, 2.05) is 56.0 Å². The zero-order valence-corrected chi connectivity index (χ0v) is 18.9. The number of hydrogen-bond acceptors (Lipinski definition) is 3. The highest BCUT2D eigenvalue weighted by Gasteiger charge is 2.21. The molecule has 158 valence electrons. The summed E-state index contributed by atoms with van der Waals surface area (Å²) in [6.45, 7) is 11.7. The molecule has 0 aromatic heterocycles. The average Bonchev–Trinajstić information content (AvgIpc) is 3.08. The molecular weight excluding hydrogens is 360 g/mol. The molecule has 4 heteroatoms. The molecule has 1 unspecified atom stereocenters. The van der Waals surface area contributed by atoms with E-state index in [-0.39, 0.29) is 5.91 Å². The smallest absolute Gasteiger partial charge is 0.253 e. The fraction of sp³-hybridized carbons (Fsp3) is 0.480. The number of benzene rings is 1. The van der Waals surface area contributed by atoms with Gasteiger partial charge in [0.2, 0.25) is 0 Å². The Kier molecular flexibility index (Phi) is 8.42. The zero-order valence-electron chi connectivity index (χ0n) is 18.9. The van der Waals surface area contributed by atoms with Crippen molar-refractivity contribution in [3.8, 4) is 0 Å². The topological polar surface area (TPSA) is 32.8 Å². The second-order valence-corrected chi connectivity index (χ2v) is 7.68. The van der Waals surface area contributed by atoms with Crippen LogP contribution >= 0.6 is 0 Å². The van der Waals surface area contributed by atoms with E-state index in [4.69, 9.17) is 4.74 Å². The highest BCUT2D eigenvalue weighted by molar-refractivity contribution is 5.96. The highest BCUT2D eigenvalue weighted by Crippen LogP contribution is 2.27. The molecule has 0 N–H and O–H groups in total. The Labute approximate surface area is 176 Å². The second kappa shape index (κ2) is 10.6. The van der Waals surface area contributed by atoms with Gasteiger partial charge < -0.3 is 14.5 Å². The van der Waals surface area contributed by atoms with Crippen molar-refractivity contribution in [1.82, 2.24) is 9.80 Å². The molecule has 0 saturated carbocycles. The van der Waals surface area contributed by atoms with Gasteiger partial charge in [0.15, 0.2) is 0 Å². The summed E-state index contributed by atoms with van der Waals surface area (Å²) in [6.07, 6.45) is 11.3. The number of aryl methyl sites for hydroxylation is 1. The normalized spacial score (nSPS) is 22.3. The van der Waals surface area contributed by atoms with Gasteiger partial charge in [-0.15, -0.1) is 0 Å². The van der Waals surface area contributed by atoms with Crippen molar-refractivity contribution in [2.75, 3.05) is 40.3 Å². The maximum atomic E-state index is 13.1. The minimum absolute atomic E-state index is 0.127. The van der Waals surface area contributed by atoms with Crippen LogP contribution in [0.15, 0.2) is 48.6 Å². The maximum absolute atomic E-state index is 13.1. The van der Waals surface area contributed by atoms with Gasteiger partial charge in [0, 0.05) is 32.3 Å². The number of nitrogens with zero attached hydrogens (tertiary/aromatic N) is 2. The average molecular weight is 397 g/mol. The molecule has 1 aliphatic carbocycles. The molecule has 1 atom stereocenters. The van der Waals surface area contributed by atoms with Crippen LogP contribution in [0.25, 0.3) is 5.57 Å². The van der Waals surface area contributed by atoms with Crippen molar-refractivity contribution >= 4 is 11.5 Å². The summed E-state index contributed by atoms with van der Waals surface area (Å²) in [5.74, 6) is 0.127. The van der Waals surface area contributed by atoms with Crippen LogP contribution in [0, 0.1) is 6.92 Å². The maximum Gasteiger partial charge on any atom is 0.253 e. The van der Waals surface area contributed by atoms with Crippen molar-refractivity contribution in [2.24, 2.45) is 0 Å². The molecule has 0 spiro atoms. The summed E-state index contributed by atoms with van der Waals surface area (Å²) in [5.41, 5.74) is 3.70. The summed E-state index contributed by atoms with van der Waals surface area (Å²) < 4.78 is 5.56. The number of carbonyl (C=O) groups excluding carboxylic acids is 1. The first-order valence-corrected chi connectivity index (χ1v) is 10.6. The lowest BCUT2D eigenvalue weighted by molar-refractivity contribution is 0.0762. The van der Waals surface area contributed by atoms with Gasteiger partial charge in [0.05, 0.1) is 0 Å². The van der Waals surface area contributed by atoms with Gasteiger partial charge in [-0.1, -0.05) is 38.1 Å². The molecule has 1 amide bonds. The Hall–Kier alpha value is -2.17. The molecule has 1 fully saturated rings. The number of carbonyl (C=O) groups is 1. The fourth-order valence-electron chi connectivity index (χ4n) is 3.52. The predicted molar refractivity (Wildman–Crippen MR) is 122 cm³/mol. The Morgan fingerprint density at radius 1 is 1.10 bits per heavy atom. The Balaban J connectivity index is 0.00000145. The van der Waals surface area contributed by atoms with Crippen LogP contribution in [0.2, 0.25) is 0 Å². The summed E-state index contributed by atoms with van der Waals surface area (Å²) >= 11 is 0. The monoisotopic (exact) mass is 396 g/mol. The van der Waals surface area contributed by atoms with Crippen LogP contribution < -0.4 is 0 Å². The van der Waals surface area contributed by atoms with Crippen molar-refractivity contribution < 1.29 is 9.53 Å². The number of likely N-dealkylation sites (N-methyl/N-ethyl adjacent to an activating group) is 1. The van der Waals surface area contributed by atoms with Gasteiger partial charge in [-0.05, 0) is 74.8 Å². The lowest BCUT2D eigenvalue weighted by Crippen LogP contribution is -2.34. The fourth-order valence-corrected chi connectivity index (χ4v) is 3.52. The van der Waals surface area contributed by atoms with Crippen molar-refractivity contribution in [2.45, 2.75) is 39.7 Å². The second-order valence-electron chi connectivity index (χ2n) is 7.68. The van der Waals surface area contributed by atoms with E-state index in [0.717, 1.165) is 54.9 Å². The lowest BCUT2D eigenvalue weighted by atomic mass is 9.96. The van der Waals surface area contributed by atoms with E-state index >= 15 is 0 Å². The Morgan fingerprint density at radius 3 is 2.59 bits per heavy atom. The molecule has 1 aliphatic heterocycles. The quantitative estimate of drug-likeness (QED) is 0.741. The number of rotatable bonds is 3. The molecule has 0 radical (unpaired) electrons. The first-order valence-electron chi connectivity index (χ1n) is 10.6. The summed E-state index contributed by atoms with van der Waals surface area (Å²) in [5, 5.41) is 0. The third kappa shape index (κ3) is 5.91. The molecule has 29 heavy (non-hydrogen) atoms. The number of allylic oxidation sites excluding steroid dienone is 4. The number of methoxy groups -OCH3 is 1. The largest absolute Gasteiger partial charge is 0.370 e. The van der Waals surface area contributed by atoms with E-state index in [1.54, 1.807) is 7.11 Å². The first-order chi connectivity index (χ1) is 13.9. The van der Waals surface area contributed by atoms with Crippen LogP contribution in [-0.4, -0.2) is 61.6 Å². The molecule has 1 heterocycles. The molecule has 1 saturated heterocycles. The van der Waals surface area contributed by atoms with Crippen LogP contribution in [-0.2, 0) is 4.74 Å². The Morgan fingerprint density at radius 2 is 1.86 bits per heavy atom. The molecule has 1 aromatic carbocycles. The van der Waals surface area contributed by atoms with E-state index in [9.17, 15) is 4.79 Å². The van der Waals surface area contributed by atoms with Crippen molar-refractivity contribution in [3.63, 3.8) is 0 Å². The van der Waals surface area contributed by atoms with E-state index in [0.29, 0.717) is 0 Å². The van der Waals surface area contributed by atoms with Crippen LogP contribution in [0.3, 0.4) is 0 Å².